The van der Waals surface area contributed by atoms with Crippen LogP contribution in [0, 0.1) is 0 Å². The minimum atomic E-state index is 0.289. The van der Waals surface area contributed by atoms with Crippen molar-refractivity contribution in [2.45, 2.75) is 31.3 Å². The molecule has 0 fully saturated rings. The number of aliphatic imine (C=N–C) groups is 1. The van der Waals surface area contributed by atoms with Gasteiger partial charge in [0.05, 0.1) is 17.8 Å². The van der Waals surface area contributed by atoms with E-state index in [-0.39, 0.29) is 6.04 Å². The number of aryl methyl sites for hydroxylation is 1. The first-order valence-corrected chi connectivity index (χ1v) is 10.8. The van der Waals surface area contributed by atoms with Crippen LogP contribution in [0.1, 0.15) is 30.1 Å². The standard InChI is InChI=1S/C23H34N6/c1-26(2)14-15-27(3)22-12-6-11-21-25-19(17-29(21)22)16-28(4)20-10-5-8-18-9-7-13-24-23(18)20/h6-7,9,11-13,19-20H,5,8,10,14-17H2,1-4H3. The molecule has 0 spiro atoms. The lowest BCUT2D eigenvalue weighted by atomic mass is 9.91. The quantitative estimate of drug-likeness (QED) is 0.710. The van der Waals surface area contributed by atoms with E-state index in [9.17, 15) is 0 Å². The fourth-order valence-corrected chi connectivity index (χ4v) is 4.63. The Hall–Kier alpha value is -2.18. The summed E-state index contributed by atoms with van der Waals surface area (Å²) in [6.45, 7) is 3.96. The summed E-state index contributed by atoms with van der Waals surface area (Å²) in [5.74, 6) is 2.35. The van der Waals surface area contributed by atoms with Gasteiger partial charge < -0.3 is 14.7 Å². The zero-order valence-electron chi connectivity index (χ0n) is 18.3. The minimum absolute atomic E-state index is 0.289. The summed E-state index contributed by atoms with van der Waals surface area (Å²) in [5.41, 5.74) is 2.69. The van der Waals surface area contributed by atoms with Crippen LogP contribution in [-0.2, 0) is 6.42 Å². The van der Waals surface area contributed by atoms with E-state index in [1.165, 1.54) is 29.9 Å². The monoisotopic (exact) mass is 394 g/mol. The SMILES string of the molecule is CN(C)CCN(C)C1=CC=CC2=NC(CN(C)C3CCCc4cccnc43)CN12. The van der Waals surface area contributed by atoms with Crippen molar-refractivity contribution in [1.29, 1.82) is 0 Å². The molecule has 156 valence electrons. The summed E-state index contributed by atoms with van der Waals surface area (Å²) in [4.78, 5) is 19.2. The molecule has 3 heterocycles. The van der Waals surface area contributed by atoms with Crippen molar-refractivity contribution in [3.05, 3.63) is 53.6 Å². The summed E-state index contributed by atoms with van der Waals surface area (Å²) in [6.07, 6.45) is 12.0. The molecule has 1 aromatic rings. The fraction of sp³-hybridized carbons (Fsp3) is 0.565. The topological polar surface area (TPSA) is 38.2 Å². The van der Waals surface area contributed by atoms with Crippen LogP contribution < -0.4 is 0 Å². The van der Waals surface area contributed by atoms with Gasteiger partial charge in [0, 0.05) is 39.4 Å². The molecule has 0 amide bonds. The third-order valence-corrected chi connectivity index (χ3v) is 6.22. The van der Waals surface area contributed by atoms with Crippen LogP contribution in [0.2, 0.25) is 0 Å². The molecule has 2 atom stereocenters. The summed E-state index contributed by atoms with van der Waals surface area (Å²) in [7, 11) is 8.66. The Balaban J connectivity index is 1.41. The number of hydrogen-bond donors (Lipinski definition) is 0. The van der Waals surface area contributed by atoms with E-state index in [1.807, 2.05) is 6.20 Å². The molecular weight excluding hydrogens is 360 g/mol. The maximum Gasteiger partial charge on any atom is 0.129 e. The minimum Gasteiger partial charge on any atom is -0.360 e. The molecule has 0 radical (unpaired) electrons. The first-order valence-electron chi connectivity index (χ1n) is 10.8. The van der Waals surface area contributed by atoms with Gasteiger partial charge in [0.15, 0.2) is 0 Å². The molecule has 4 rings (SSSR count). The predicted octanol–water partition coefficient (Wildman–Crippen LogP) is 2.38. The van der Waals surface area contributed by atoms with Crippen LogP contribution in [0.25, 0.3) is 0 Å². The predicted molar refractivity (Wildman–Crippen MR) is 119 cm³/mol. The Bertz CT molecular complexity index is 811. The van der Waals surface area contributed by atoms with Crippen LogP contribution in [0.5, 0.6) is 0 Å². The summed E-state index contributed by atoms with van der Waals surface area (Å²) in [5, 5.41) is 0. The summed E-state index contributed by atoms with van der Waals surface area (Å²) >= 11 is 0. The Labute approximate surface area is 175 Å². The van der Waals surface area contributed by atoms with E-state index in [2.05, 4.69) is 78.2 Å². The fourth-order valence-electron chi connectivity index (χ4n) is 4.63. The average Bonchev–Trinajstić information content (AvgIpc) is 3.13. The molecule has 3 aliphatic rings. The molecular formula is C23H34N6. The number of aromatic nitrogens is 1. The maximum atomic E-state index is 5.04. The van der Waals surface area contributed by atoms with Gasteiger partial charge in [0.2, 0.25) is 0 Å². The van der Waals surface area contributed by atoms with Crippen molar-refractivity contribution in [2.24, 2.45) is 4.99 Å². The maximum absolute atomic E-state index is 5.04. The van der Waals surface area contributed by atoms with Crippen LogP contribution in [0.15, 0.2) is 47.4 Å². The molecule has 0 bridgehead atoms. The largest absolute Gasteiger partial charge is 0.360 e. The molecule has 1 aromatic heterocycles. The lowest BCUT2D eigenvalue weighted by Gasteiger charge is -2.34. The number of likely N-dealkylation sites (N-methyl/N-ethyl adjacent to an activating group) is 3. The number of amidine groups is 1. The van der Waals surface area contributed by atoms with Gasteiger partial charge >= 0.3 is 0 Å². The van der Waals surface area contributed by atoms with E-state index >= 15 is 0 Å². The van der Waals surface area contributed by atoms with Gasteiger partial charge in [-0.15, -0.1) is 0 Å². The number of hydrogen-bond acceptors (Lipinski definition) is 6. The molecule has 0 aromatic carbocycles. The van der Waals surface area contributed by atoms with Gasteiger partial charge in [-0.05, 0) is 64.2 Å². The molecule has 6 heteroatoms. The van der Waals surface area contributed by atoms with Gasteiger partial charge in [-0.1, -0.05) is 12.1 Å². The van der Waals surface area contributed by atoms with Crippen LogP contribution in [-0.4, -0.2) is 90.8 Å². The Kier molecular flexibility index (Phi) is 6.01. The third kappa shape index (κ3) is 4.38. The second-order valence-corrected chi connectivity index (χ2v) is 8.76. The molecule has 0 saturated heterocycles. The first kappa shape index (κ1) is 20.1. The first-order chi connectivity index (χ1) is 14.0. The van der Waals surface area contributed by atoms with Crippen LogP contribution in [0.3, 0.4) is 0 Å². The Morgan fingerprint density at radius 1 is 1.17 bits per heavy atom. The number of rotatable bonds is 7. The highest BCUT2D eigenvalue weighted by atomic mass is 15.4. The van der Waals surface area contributed by atoms with Gasteiger partial charge in [0.25, 0.3) is 0 Å². The lowest BCUT2D eigenvalue weighted by molar-refractivity contribution is 0.199. The van der Waals surface area contributed by atoms with E-state index < -0.39 is 0 Å². The highest BCUT2D eigenvalue weighted by Crippen LogP contribution is 2.32. The van der Waals surface area contributed by atoms with Crippen molar-refractivity contribution in [3.63, 3.8) is 0 Å². The average molecular weight is 395 g/mol. The van der Waals surface area contributed by atoms with Crippen LogP contribution in [0.4, 0.5) is 0 Å². The van der Waals surface area contributed by atoms with Crippen molar-refractivity contribution in [3.8, 4) is 0 Å². The highest BCUT2D eigenvalue weighted by molar-refractivity contribution is 5.96. The second kappa shape index (κ2) is 8.67. The van der Waals surface area contributed by atoms with Crippen molar-refractivity contribution in [1.82, 2.24) is 24.6 Å². The lowest BCUT2D eigenvalue weighted by Crippen LogP contribution is -2.41. The van der Waals surface area contributed by atoms with Crippen molar-refractivity contribution in [2.75, 3.05) is 54.4 Å². The molecule has 2 unspecified atom stereocenters. The molecule has 2 aliphatic heterocycles. The third-order valence-electron chi connectivity index (χ3n) is 6.22. The molecule has 0 N–H and O–H groups in total. The van der Waals surface area contributed by atoms with E-state index in [4.69, 9.17) is 9.98 Å². The number of fused-ring (bicyclic) bond motifs is 2. The highest BCUT2D eigenvalue weighted by Gasteiger charge is 2.32. The summed E-state index contributed by atoms with van der Waals surface area (Å²) < 4.78 is 0. The van der Waals surface area contributed by atoms with Gasteiger partial charge in [-0.3, -0.25) is 14.9 Å². The summed E-state index contributed by atoms with van der Waals surface area (Å²) in [6, 6.07) is 5.00. The zero-order chi connectivity index (χ0) is 20.4. The van der Waals surface area contributed by atoms with Crippen molar-refractivity contribution >= 4 is 5.84 Å². The molecule has 0 saturated carbocycles. The smallest absolute Gasteiger partial charge is 0.129 e. The molecule has 29 heavy (non-hydrogen) atoms. The van der Waals surface area contributed by atoms with E-state index in [0.717, 1.165) is 38.4 Å². The Morgan fingerprint density at radius 2 is 2.03 bits per heavy atom. The molecule has 6 nitrogen and oxygen atoms in total. The number of pyridine rings is 1. The van der Waals surface area contributed by atoms with E-state index in [1.54, 1.807) is 0 Å². The van der Waals surface area contributed by atoms with Gasteiger partial charge in [-0.2, -0.15) is 0 Å². The zero-order valence-corrected chi connectivity index (χ0v) is 18.3. The number of allylic oxidation sites excluding steroid dienone is 2. The van der Waals surface area contributed by atoms with Crippen LogP contribution >= 0.6 is 0 Å². The van der Waals surface area contributed by atoms with Gasteiger partial charge in [-0.25, -0.2) is 0 Å². The Morgan fingerprint density at radius 3 is 2.86 bits per heavy atom. The van der Waals surface area contributed by atoms with Gasteiger partial charge in [0.1, 0.15) is 11.7 Å². The number of nitrogens with zero attached hydrogens (tertiary/aromatic N) is 6. The normalized spacial score (nSPS) is 23.2. The van der Waals surface area contributed by atoms with Crippen molar-refractivity contribution < 1.29 is 0 Å². The molecule has 1 aliphatic carbocycles. The second-order valence-electron chi connectivity index (χ2n) is 8.76. The van der Waals surface area contributed by atoms with E-state index in [0.29, 0.717) is 6.04 Å².